The summed E-state index contributed by atoms with van der Waals surface area (Å²) < 4.78 is 14.0. The number of hydrogen-bond acceptors (Lipinski definition) is 3. The second kappa shape index (κ2) is 8.34. The molecule has 2 rings (SSSR count). The molecule has 0 radical (unpaired) electrons. The number of likely N-dealkylation sites (N-methyl/N-ethyl adjacent to an activating group) is 1. The fraction of sp³-hybridized carbons (Fsp3) is 0.278. The molecular weight excluding hydrogens is 359 g/mol. The van der Waals surface area contributed by atoms with Gasteiger partial charge >= 0.3 is 0 Å². The highest BCUT2D eigenvalue weighted by atomic mass is 79.9. The molecule has 5 heteroatoms. The van der Waals surface area contributed by atoms with Gasteiger partial charge in [0.2, 0.25) is 0 Å². The number of Topliss-reactive ketones (excluding diaryl/α,β-unsaturated/α-hetero) is 1. The predicted octanol–water partition coefficient (Wildman–Crippen LogP) is 3.66. The predicted molar refractivity (Wildman–Crippen MR) is 94.2 cm³/mol. The van der Waals surface area contributed by atoms with Crippen molar-refractivity contribution < 1.29 is 9.18 Å². The summed E-state index contributed by atoms with van der Waals surface area (Å²) in [5, 5.41) is 3.20. The minimum atomic E-state index is -0.246. The Kier molecular flexibility index (Phi) is 6.45. The number of nitrogens with one attached hydrogen (secondary N) is 1. The van der Waals surface area contributed by atoms with Crippen molar-refractivity contribution in [1.82, 2.24) is 10.2 Å². The summed E-state index contributed by atoms with van der Waals surface area (Å²) >= 11 is 3.35. The summed E-state index contributed by atoms with van der Waals surface area (Å²) in [6.45, 7) is 0.883. The van der Waals surface area contributed by atoms with Crippen molar-refractivity contribution in [1.29, 1.82) is 0 Å². The summed E-state index contributed by atoms with van der Waals surface area (Å²) in [7, 11) is 3.93. The van der Waals surface area contributed by atoms with Crippen molar-refractivity contribution in [3.8, 4) is 0 Å². The lowest BCUT2D eigenvalue weighted by Gasteiger charge is -2.25. The molecule has 2 aromatic rings. The van der Waals surface area contributed by atoms with Crippen LogP contribution in [-0.2, 0) is 0 Å². The Bertz CT molecular complexity index is 641. The van der Waals surface area contributed by atoms with Crippen LogP contribution >= 0.6 is 15.9 Å². The van der Waals surface area contributed by atoms with E-state index in [4.69, 9.17) is 0 Å². The standard InChI is InChI=1S/C18H20BrFN2O/c1-22(2)17(13-5-9-16(20)10-6-13)11-21-12-18(23)14-3-7-15(19)8-4-14/h3-10,17,21H,11-12H2,1-2H3. The Morgan fingerprint density at radius 2 is 1.74 bits per heavy atom. The molecule has 0 heterocycles. The summed E-state index contributed by atoms with van der Waals surface area (Å²) in [5.41, 5.74) is 1.70. The Morgan fingerprint density at radius 3 is 2.30 bits per heavy atom. The molecule has 23 heavy (non-hydrogen) atoms. The van der Waals surface area contributed by atoms with E-state index in [0.717, 1.165) is 10.0 Å². The molecule has 2 aromatic carbocycles. The lowest BCUT2D eigenvalue weighted by atomic mass is 10.1. The van der Waals surface area contributed by atoms with E-state index in [-0.39, 0.29) is 24.2 Å². The average molecular weight is 379 g/mol. The normalized spacial score (nSPS) is 12.4. The van der Waals surface area contributed by atoms with E-state index >= 15 is 0 Å². The summed E-state index contributed by atoms with van der Waals surface area (Å²) in [4.78, 5) is 14.2. The van der Waals surface area contributed by atoms with Gasteiger partial charge in [0.05, 0.1) is 6.54 Å². The van der Waals surface area contributed by atoms with E-state index in [9.17, 15) is 9.18 Å². The largest absolute Gasteiger partial charge is 0.308 e. The number of ketones is 1. The zero-order chi connectivity index (χ0) is 16.8. The first-order valence-electron chi connectivity index (χ1n) is 7.39. The van der Waals surface area contributed by atoms with E-state index in [0.29, 0.717) is 12.1 Å². The van der Waals surface area contributed by atoms with Crippen LogP contribution < -0.4 is 5.32 Å². The summed E-state index contributed by atoms with van der Waals surface area (Å²) in [6.07, 6.45) is 0. The Hall–Kier alpha value is -1.56. The topological polar surface area (TPSA) is 32.3 Å². The SMILES string of the molecule is CN(C)C(CNCC(=O)c1ccc(Br)cc1)c1ccc(F)cc1. The summed E-state index contributed by atoms with van der Waals surface area (Å²) in [6, 6.07) is 13.9. The van der Waals surface area contributed by atoms with Crippen molar-refractivity contribution in [2.45, 2.75) is 6.04 Å². The molecule has 1 N–H and O–H groups in total. The van der Waals surface area contributed by atoms with E-state index in [1.165, 1.54) is 12.1 Å². The molecule has 0 bridgehead atoms. The van der Waals surface area contributed by atoms with Crippen LogP contribution in [0.1, 0.15) is 22.0 Å². The molecule has 0 saturated heterocycles. The van der Waals surface area contributed by atoms with Gasteiger partial charge in [-0.1, -0.05) is 40.2 Å². The third-order valence-corrected chi connectivity index (χ3v) is 4.20. The molecule has 122 valence electrons. The highest BCUT2D eigenvalue weighted by Gasteiger charge is 2.14. The van der Waals surface area contributed by atoms with Gasteiger partial charge in [-0.05, 0) is 43.9 Å². The molecule has 0 aliphatic carbocycles. The van der Waals surface area contributed by atoms with Gasteiger partial charge in [-0.15, -0.1) is 0 Å². The first-order chi connectivity index (χ1) is 11.0. The van der Waals surface area contributed by atoms with Crippen LogP contribution in [0.2, 0.25) is 0 Å². The monoisotopic (exact) mass is 378 g/mol. The fourth-order valence-electron chi connectivity index (χ4n) is 2.34. The molecular formula is C18H20BrFN2O. The van der Waals surface area contributed by atoms with E-state index < -0.39 is 0 Å². The zero-order valence-corrected chi connectivity index (χ0v) is 14.8. The van der Waals surface area contributed by atoms with Crippen LogP contribution in [0.15, 0.2) is 53.0 Å². The third kappa shape index (κ3) is 5.23. The van der Waals surface area contributed by atoms with Crippen molar-refractivity contribution in [2.75, 3.05) is 27.2 Å². The highest BCUT2D eigenvalue weighted by Crippen LogP contribution is 2.17. The second-order valence-electron chi connectivity index (χ2n) is 5.59. The van der Waals surface area contributed by atoms with Crippen LogP contribution in [0.4, 0.5) is 4.39 Å². The van der Waals surface area contributed by atoms with E-state index in [2.05, 4.69) is 21.2 Å². The Morgan fingerprint density at radius 1 is 1.13 bits per heavy atom. The minimum Gasteiger partial charge on any atom is -0.308 e. The molecule has 0 aromatic heterocycles. The van der Waals surface area contributed by atoms with Gasteiger partial charge in [0, 0.05) is 22.6 Å². The molecule has 0 amide bonds. The van der Waals surface area contributed by atoms with Gasteiger partial charge in [-0.25, -0.2) is 4.39 Å². The third-order valence-electron chi connectivity index (χ3n) is 3.67. The first kappa shape index (κ1) is 17.8. The van der Waals surface area contributed by atoms with Crippen LogP contribution in [0.3, 0.4) is 0 Å². The number of carbonyl (C=O) groups excluding carboxylic acids is 1. The second-order valence-corrected chi connectivity index (χ2v) is 6.51. The molecule has 0 fully saturated rings. The van der Waals surface area contributed by atoms with Gasteiger partial charge < -0.3 is 10.2 Å². The van der Waals surface area contributed by atoms with Crippen LogP contribution in [0.25, 0.3) is 0 Å². The van der Waals surface area contributed by atoms with E-state index in [1.54, 1.807) is 24.3 Å². The van der Waals surface area contributed by atoms with Crippen LogP contribution in [0, 0.1) is 5.82 Å². The smallest absolute Gasteiger partial charge is 0.176 e. The Labute approximate surface area is 144 Å². The quantitative estimate of drug-likeness (QED) is 0.746. The summed E-state index contributed by atoms with van der Waals surface area (Å²) in [5.74, 6) is -0.196. The van der Waals surface area contributed by atoms with Crippen LogP contribution in [0.5, 0.6) is 0 Å². The lowest BCUT2D eigenvalue weighted by Crippen LogP contribution is -2.33. The number of hydrogen-bond donors (Lipinski definition) is 1. The van der Waals surface area contributed by atoms with Crippen molar-refractivity contribution >= 4 is 21.7 Å². The van der Waals surface area contributed by atoms with Crippen molar-refractivity contribution in [2.24, 2.45) is 0 Å². The molecule has 3 nitrogen and oxygen atoms in total. The molecule has 1 unspecified atom stereocenters. The maximum absolute atomic E-state index is 13.0. The van der Waals surface area contributed by atoms with Crippen molar-refractivity contribution in [3.05, 3.63) is 69.9 Å². The first-order valence-corrected chi connectivity index (χ1v) is 8.18. The van der Waals surface area contributed by atoms with Crippen molar-refractivity contribution in [3.63, 3.8) is 0 Å². The van der Waals surface area contributed by atoms with E-state index in [1.807, 2.05) is 31.1 Å². The molecule has 0 aliphatic rings. The van der Waals surface area contributed by atoms with Gasteiger partial charge in [0.25, 0.3) is 0 Å². The lowest BCUT2D eigenvalue weighted by molar-refractivity contribution is 0.0988. The van der Waals surface area contributed by atoms with Gasteiger partial charge in [0.15, 0.2) is 5.78 Å². The number of halogens is 2. The minimum absolute atomic E-state index is 0.0501. The average Bonchev–Trinajstić information content (AvgIpc) is 2.53. The number of nitrogens with zero attached hydrogens (tertiary/aromatic N) is 1. The fourth-order valence-corrected chi connectivity index (χ4v) is 2.61. The van der Waals surface area contributed by atoms with Gasteiger partial charge in [0.1, 0.15) is 5.82 Å². The van der Waals surface area contributed by atoms with Gasteiger partial charge in [-0.2, -0.15) is 0 Å². The van der Waals surface area contributed by atoms with Crippen LogP contribution in [-0.4, -0.2) is 37.9 Å². The molecule has 0 spiro atoms. The molecule has 0 saturated carbocycles. The number of benzene rings is 2. The number of rotatable bonds is 7. The molecule has 0 aliphatic heterocycles. The maximum atomic E-state index is 13.0. The van der Waals surface area contributed by atoms with Gasteiger partial charge in [-0.3, -0.25) is 4.79 Å². The molecule has 1 atom stereocenters. The maximum Gasteiger partial charge on any atom is 0.176 e. The highest BCUT2D eigenvalue weighted by molar-refractivity contribution is 9.10. The Balaban J connectivity index is 1.93. The zero-order valence-electron chi connectivity index (χ0n) is 13.2. The number of carbonyl (C=O) groups is 1.